The van der Waals surface area contributed by atoms with Gasteiger partial charge in [-0.05, 0) is 25.8 Å². The van der Waals surface area contributed by atoms with Crippen molar-refractivity contribution in [3.8, 4) is 0 Å². The minimum atomic E-state index is -2.89. The summed E-state index contributed by atoms with van der Waals surface area (Å²) in [6.07, 6.45) is 4.72. The second kappa shape index (κ2) is 4.63. The van der Waals surface area contributed by atoms with Crippen molar-refractivity contribution >= 4 is 9.84 Å². The summed E-state index contributed by atoms with van der Waals surface area (Å²) in [5.74, 6) is 0.446. The van der Waals surface area contributed by atoms with E-state index in [2.05, 4.69) is 11.8 Å². The van der Waals surface area contributed by atoms with Crippen LogP contribution in [0.5, 0.6) is 0 Å². The van der Waals surface area contributed by atoms with Crippen LogP contribution in [0.3, 0.4) is 0 Å². The van der Waals surface area contributed by atoms with Crippen molar-refractivity contribution in [3.63, 3.8) is 0 Å². The van der Waals surface area contributed by atoms with Gasteiger partial charge in [-0.1, -0.05) is 13.3 Å². The maximum Gasteiger partial charge on any atom is 0.153 e. The largest absolute Gasteiger partial charge is 0.325 e. The van der Waals surface area contributed by atoms with Gasteiger partial charge in [0, 0.05) is 18.1 Å². The predicted molar refractivity (Wildman–Crippen MR) is 65.1 cm³/mol. The number of sulfone groups is 1. The Labute approximate surface area is 98.1 Å². The second-order valence-corrected chi connectivity index (χ2v) is 7.28. The average Bonchev–Trinajstić information content (AvgIpc) is 2.95. The Morgan fingerprint density at radius 2 is 2.00 bits per heavy atom. The van der Waals surface area contributed by atoms with Crippen LogP contribution in [0.15, 0.2) is 0 Å². The minimum Gasteiger partial charge on any atom is -0.325 e. The third kappa shape index (κ3) is 2.76. The topological polar surface area (TPSA) is 63.4 Å². The fraction of sp³-hybridized carbons (Fsp3) is 1.00. The number of rotatable bonds is 5. The highest BCUT2D eigenvalue weighted by Crippen LogP contribution is 2.32. The molecule has 2 rings (SSSR count). The Bertz CT molecular complexity index is 338. The molecule has 2 fully saturated rings. The van der Waals surface area contributed by atoms with Crippen molar-refractivity contribution in [3.05, 3.63) is 0 Å². The number of unbranched alkanes of at least 4 members (excludes halogenated alkanes) is 1. The van der Waals surface area contributed by atoms with Crippen LogP contribution in [0.1, 0.15) is 32.6 Å². The van der Waals surface area contributed by atoms with Crippen LogP contribution >= 0.6 is 0 Å². The molecule has 2 atom stereocenters. The molecule has 1 aliphatic heterocycles. The summed E-state index contributed by atoms with van der Waals surface area (Å²) in [5.41, 5.74) is 5.97. The van der Waals surface area contributed by atoms with Gasteiger partial charge in [-0.15, -0.1) is 0 Å². The van der Waals surface area contributed by atoms with Crippen molar-refractivity contribution in [1.82, 2.24) is 4.90 Å². The molecule has 0 aromatic heterocycles. The molecule has 0 radical (unpaired) electrons. The molecule has 0 spiro atoms. The highest BCUT2D eigenvalue weighted by Gasteiger charge is 2.43. The molecule has 16 heavy (non-hydrogen) atoms. The lowest BCUT2D eigenvalue weighted by Gasteiger charge is -2.30. The Hall–Kier alpha value is -0.130. The molecule has 0 bridgehead atoms. The number of hydrogen-bond donors (Lipinski definition) is 1. The average molecular weight is 246 g/mol. The molecule has 0 amide bonds. The Kier molecular flexibility index (Phi) is 3.56. The van der Waals surface area contributed by atoms with Gasteiger partial charge < -0.3 is 5.73 Å². The predicted octanol–water partition coefficient (Wildman–Crippen LogP) is 0.375. The zero-order valence-corrected chi connectivity index (χ0v) is 10.7. The van der Waals surface area contributed by atoms with Gasteiger partial charge in [0.05, 0.1) is 11.5 Å². The summed E-state index contributed by atoms with van der Waals surface area (Å²) >= 11 is 0. The summed E-state index contributed by atoms with van der Waals surface area (Å²) in [5, 5.41) is 0. The first kappa shape index (κ1) is 12.3. The molecule has 0 aromatic rings. The monoisotopic (exact) mass is 246 g/mol. The van der Waals surface area contributed by atoms with Crippen molar-refractivity contribution in [2.24, 2.45) is 5.73 Å². The van der Waals surface area contributed by atoms with Crippen LogP contribution in [-0.4, -0.2) is 49.5 Å². The molecule has 1 saturated heterocycles. The zero-order chi connectivity index (χ0) is 11.8. The van der Waals surface area contributed by atoms with E-state index in [1.54, 1.807) is 0 Å². The van der Waals surface area contributed by atoms with E-state index in [-0.39, 0.29) is 23.6 Å². The lowest BCUT2D eigenvalue weighted by Crippen LogP contribution is -2.48. The number of nitrogens with two attached hydrogens (primary N) is 1. The van der Waals surface area contributed by atoms with Crippen molar-refractivity contribution < 1.29 is 8.42 Å². The van der Waals surface area contributed by atoms with E-state index in [0.29, 0.717) is 6.04 Å². The van der Waals surface area contributed by atoms with Crippen LogP contribution in [0.2, 0.25) is 0 Å². The molecule has 0 aromatic carbocycles. The molecule has 2 N–H and O–H groups in total. The quantitative estimate of drug-likeness (QED) is 0.761. The fourth-order valence-corrected chi connectivity index (χ4v) is 4.47. The first-order valence-corrected chi connectivity index (χ1v) is 8.07. The first-order valence-electron chi connectivity index (χ1n) is 6.25. The highest BCUT2D eigenvalue weighted by atomic mass is 32.2. The standard InChI is InChI=1S/C11H22N2O2S/c1-2-3-6-13(9-4-5-9)11-8-16(14,15)7-10(11)12/h9-11H,2-8,12H2,1H3. The third-order valence-corrected chi connectivity index (χ3v) is 5.32. The Morgan fingerprint density at radius 3 is 2.44 bits per heavy atom. The van der Waals surface area contributed by atoms with E-state index in [1.165, 1.54) is 12.8 Å². The zero-order valence-electron chi connectivity index (χ0n) is 9.93. The van der Waals surface area contributed by atoms with Crippen LogP contribution in [0, 0.1) is 0 Å². The van der Waals surface area contributed by atoms with E-state index < -0.39 is 9.84 Å². The highest BCUT2D eigenvalue weighted by molar-refractivity contribution is 7.91. The fourth-order valence-electron chi connectivity index (χ4n) is 2.56. The molecule has 94 valence electrons. The molecule has 1 aliphatic carbocycles. The van der Waals surface area contributed by atoms with Crippen molar-refractivity contribution in [2.75, 3.05) is 18.1 Å². The van der Waals surface area contributed by atoms with Crippen LogP contribution in [0.4, 0.5) is 0 Å². The lowest BCUT2D eigenvalue weighted by molar-refractivity contribution is 0.185. The van der Waals surface area contributed by atoms with Crippen molar-refractivity contribution in [1.29, 1.82) is 0 Å². The van der Waals surface area contributed by atoms with Crippen LogP contribution in [0.25, 0.3) is 0 Å². The van der Waals surface area contributed by atoms with E-state index in [1.807, 2.05) is 0 Å². The Morgan fingerprint density at radius 1 is 1.31 bits per heavy atom. The minimum absolute atomic E-state index is 0.0732. The van der Waals surface area contributed by atoms with E-state index in [0.717, 1.165) is 19.4 Å². The molecule has 2 aliphatic rings. The Balaban J connectivity index is 2.02. The maximum atomic E-state index is 11.6. The maximum absolute atomic E-state index is 11.6. The summed E-state index contributed by atoms with van der Waals surface area (Å²) in [7, 11) is -2.89. The molecule has 5 heteroatoms. The van der Waals surface area contributed by atoms with Crippen LogP contribution in [-0.2, 0) is 9.84 Å². The van der Waals surface area contributed by atoms with E-state index >= 15 is 0 Å². The van der Waals surface area contributed by atoms with Gasteiger partial charge in [-0.3, -0.25) is 4.90 Å². The van der Waals surface area contributed by atoms with Gasteiger partial charge in [-0.2, -0.15) is 0 Å². The molecule has 1 heterocycles. The third-order valence-electron chi connectivity index (χ3n) is 3.58. The first-order chi connectivity index (χ1) is 7.53. The van der Waals surface area contributed by atoms with Gasteiger partial charge in [0.25, 0.3) is 0 Å². The van der Waals surface area contributed by atoms with Crippen molar-refractivity contribution in [2.45, 2.75) is 50.7 Å². The molecular formula is C11H22N2O2S. The normalized spacial score (nSPS) is 33.4. The summed E-state index contributed by atoms with van der Waals surface area (Å²) < 4.78 is 23.1. The summed E-state index contributed by atoms with van der Waals surface area (Å²) in [4.78, 5) is 2.36. The number of nitrogens with zero attached hydrogens (tertiary/aromatic N) is 1. The summed E-state index contributed by atoms with van der Waals surface area (Å²) in [6.45, 7) is 3.17. The second-order valence-electron chi connectivity index (χ2n) is 5.13. The molecule has 2 unspecified atom stereocenters. The summed E-state index contributed by atoms with van der Waals surface area (Å²) in [6, 6.07) is 0.502. The molecule has 4 nitrogen and oxygen atoms in total. The molecule has 1 saturated carbocycles. The smallest absolute Gasteiger partial charge is 0.153 e. The van der Waals surface area contributed by atoms with Crippen LogP contribution < -0.4 is 5.73 Å². The van der Waals surface area contributed by atoms with E-state index in [4.69, 9.17) is 5.73 Å². The SMILES string of the molecule is CCCCN(C1CC1)C1CS(=O)(=O)CC1N. The number of hydrogen-bond acceptors (Lipinski definition) is 4. The van der Waals surface area contributed by atoms with Gasteiger partial charge >= 0.3 is 0 Å². The molecular weight excluding hydrogens is 224 g/mol. The van der Waals surface area contributed by atoms with Gasteiger partial charge in [0.1, 0.15) is 0 Å². The van der Waals surface area contributed by atoms with Gasteiger partial charge in [0.2, 0.25) is 0 Å². The van der Waals surface area contributed by atoms with Gasteiger partial charge in [0.15, 0.2) is 9.84 Å². The lowest BCUT2D eigenvalue weighted by atomic mass is 10.1. The van der Waals surface area contributed by atoms with Gasteiger partial charge in [-0.25, -0.2) is 8.42 Å². The van der Waals surface area contributed by atoms with E-state index in [9.17, 15) is 8.42 Å².